The van der Waals surface area contributed by atoms with E-state index < -0.39 is 28.7 Å². The second-order valence-electron chi connectivity index (χ2n) is 11.9. The van der Waals surface area contributed by atoms with E-state index in [-0.39, 0.29) is 5.69 Å². The number of fused-ring (bicyclic) bond motifs is 3. The van der Waals surface area contributed by atoms with Crippen LogP contribution < -0.4 is 5.32 Å². The van der Waals surface area contributed by atoms with Crippen molar-refractivity contribution in [2.75, 3.05) is 5.32 Å². The van der Waals surface area contributed by atoms with Gasteiger partial charge in [-0.25, -0.2) is 0 Å². The number of aromatic hydroxyl groups is 5. The molecule has 0 atom stereocenters. The summed E-state index contributed by atoms with van der Waals surface area (Å²) in [6.07, 6.45) is 3.06. The number of hydrogen-bond acceptors (Lipinski definition) is 6. The van der Waals surface area contributed by atoms with E-state index >= 15 is 0 Å². The van der Waals surface area contributed by atoms with Crippen molar-refractivity contribution in [2.24, 2.45) is 0 Å². The summed E-state index contributed by atoms with van der Waals surface area (Å²) < 4.78 is 1.55. The number of aromatic nitrogens is 1. The van der Waals surface area contributed by atoms with Crippen molar-refractivity contribution < 1.29 is 25.5 Å². The van der Waals surface area contributed by atoms with Crippen molar-refractivity contribution in [3.8, 4) is 67.8 Å². The fourth-order valence-electron chi connectivity index (χ4n) is 6.45. The van der Waals surface area contributed by atoms with Crippen molar-refractivity contribution >= 4 is 48.3 Å². The number of nitrogens with zero attached hydrogens (tertiary/aromatic N) is 1. The van der Waals surface area contributed by atoms with Crippen molar-refractivity contribution in [3.63, 3.8) is 0 Å². The first-order chi connectivity index (χ1) is 25.9. The molecule has 8 heteroatoms. The van der Waals surface area contributed by atoms with Crippen molar-refractivity contribution in [3.05, 3.63) is 146 Å². The monoisotopic (exact) mass is 718 g/mol. The van der Waals surface area contributed by atoms with Crippen molar-refractivity contribution in [1.82, 2.24) is 4.57 Å². The molecular formula is C45H39N2O5P. The zero-order chi connectivity index (χ0) is 37.6. The Balaban J connectivity index is 0.00000116. The summed E-state index contributed by atoms with van der Waals surface area (Å²) in [5.74, 6) is -4.36. The lowest BCUT2D eigenvalue weighted by Crippen LogP contribution is -1.96. The number of rotatable bonds is 6. The molecule has 0 saturated heterocycles. The summed E-state index contributed by atoms with van der Waals surface area (Å²) >= 11 is 0. The lowest BCUT2D eigenvalue weighted by Gasteiger charge is -2.15. The molecule has 0 spiro atoms. The SMILES string of the molecule is C=P.CC.Oc1c(O)c(O)c(-n2c3ccccc3c3cc(-c4ccc(Nc5ccc(-c6cccc(-c7ccccc7)c6)cc5)cc4)ccc32)c(O)c1O. The number of phenolic OH excluding ortho intramolecular Hbond substituents is 5. The van der Waals surface area contributed by atoms with Gasteiger partial charge in [-0.1, -0.05) is 117 Å². The van der Waals surface area contributed by atoms with E-state index in [2.05, 4.69) is 93.3 Å². The zero-order valence-corrected chi connectivity index (χ0v) is 30.2. The van der Waals surface area contributed by atoms with Gasteiger partial charge in [-0.05, 0) is 81.9 Å². The van der Waals surface area contributed by atoms with Crippen LogP contribution in [0.5, 0.6) is 28.7 Å². The number of para-hydroxylation sites is 1. The van der Waals surface area contributed by atoms with Crippen LogP contribution in [0, 0.1) is 0 Å². The predicted octanol–water partition coefficient (Wildman–Crippen LogP) is 11.6. The minimum atomic E-state index is -0.999. The molecule has 1 heterocycles. The molecule has 8 rings (SSSR count). The molecule has 0 aliphatic carbocycles. The molecule has 0 radical (unpaired) electrons. The number of hydrogen-bond donors (Lipinski definition) is 6. The van der Waals surface area contributed by atoms with E-state index in [4.69, 9.17) is 0 Å². The van der Waals surface area contributed by atoms with Gasteiger partial charge in [0.25, 0.3) is 0 Å². The highest BCUT2D eigenvalue weighted by molar-refractivity contribution is 7.15. The van der Waals surface area contributed by atoms with Crippen LogP contribution in [0.2, 0.25) is 0 Å². The molecule has 0 fully saturated rings. The number of nitrogens with one attached hydrogen (secondary N) is 1. The summed E-state index contributed by atoms with van der Waals surface area (Å²) in [5, 5.41) is 57.1. The van der Waals surface area contributed by atoms with E-state index in [9.17, 15) is 25.5 Å². The van der Waals surface area contributed by atoms with Crippen LogP contribution in [-0.4, -0.2) is 36.4 Å². The highest BCUT2D eigenvalue weighted by Gasteiger charge is 2.27. The fraction of sp³-hybridized carbons (Fsp3) is 0.0444. The first-order valence-corrected chi connectivity index (χ1v) is 17.8. The molecule has 0 amide bonds. The van der Waals surface area contributed by atoms with Crippen molar-refractivity contribution in [1.29, 1.82) is 0 Å². The highest BCUT2D eigenvalue weighted by atomic mass is 31.0. The van der Waals surface area contributed by atoms with Crippen LogP contribution in [-0.2, 0) is 0 Å². The third-order valence-electron chi connectivity index (χ3n) is 8.94. The Labute approximate surface area is 310 Å². The Kier molecular flexibility index (Phi) is 10.7. The van der Waals surface area contributed by atoms with Crippen LogP contribution in [0.3, 0.4) is 0 Å². The summed E-state index contributed by atoms with van der Waals surface area (Å²) in [4.78, 5) is 0. The molecule has 7 nitrogen and oxygen atoms in total. The molecule has 264 valence electrons. The summed E-state index contributed by atoms with van der Waals surface area (Å²) in [6.45, 7) is 4.00. The molecule has 53 heavy (non-hydrogen) atoms. The second kappa shape index (κ2) is 15.7. The van der Waals surface area contributed by atoms with Gasteiger partial charge < -0.3 is 35.4 Å². The van der Waals surface area contributed by atoms with Crippen LogP contribution >= 0.6 is 8.86 Å². The molecule has 0 aliphatic heterocycles. The van der Waals surface area contributed by atoms with Gasteiger partial charge in [0.1, 0.15) is 5.69 Å². The molecule has 6 N–H and O–H groups in total. The van der Waals surface area contributed by atoms with Gasteiger partial charge in [0.15, 0.2) is 11.5 Å². The quantitative estimate of drug-likeness (QED) is 0.0579. The maximum absolute atomic E-state index is 10.7. The van der Waals surface area contributed by atoms with Gasteiger partial charge in [0, 0.05) is 22.1 Å². The summed E-state index contributed by atoms with van der Waals surface area (Å²) in [5.41, 5.74) is 9.53. The average Bonchev–Trinajstić information content (AvgIpc) is 3.55. The van der Waals surface area contributed by atoms with Gasteiger partial charge in [-0.15, -0.1) is 8.86 Å². The van der Waals surface area contributed by atoms with E-state index in [0.717, 1.165) is 44.4 Å². The third-order valence-corrected chi connectivity index (χ3v) is 8.94. The lowest BCUT2D eigenvalue weighted by molar-refractivity contribution is 0.327. The zero-order valence-electron chi connectivity index (χ0n) is 29.2. The van der Waals surface area contributed by atoms with Gasteiger partial charge >= 0.3 is 0 Å². The largest absolute Gasteiger partial charge is 0.503 e. The Bertz CT molecular complexity index is 2500. The molecule has 0 unspecified atom stereocenters. The van der Waals surface area contributed by atoms with Crippen LogP contribution in [0.15, 0.2) is 146 Å². The van der Waals surface area contributed by atoms with E-state index in [1.165, 1.54) is 11.1 Å². The van der Waals surface area contributed by atoms with Crippen LogP contribution in [0.4, 0.5) is 11.4 Å². The maximum Gasteiger partial charge on any atom is 0.208 e. The first kappa shape index (κ1) is 36.1. The molecule has 0 aliphatic rings. The van der Waals surface area contributed by atoms with Gasteiger partial charge in [0.05, 0.1) is 11.0 Å². The minimum absolute atomic E-state index is 0.240. The van der Waals surface area contributed by atoms with Crippen LogP contribution in [0.25, 0.3) is 60.9 Å². The van der Waals surface area contributed by atoms with Gasteiger partial charge in [-0.3, -0.25) is 0 Å². The molecule has 7 aromatic carbocycles. The number of anilines is 2. The highest BCUT2D eigenvalue weighted by Crippen LogP contribution is 2.54. The maximum atomic E-state index is 10.7. The lowest BCUT2D eigenvalue weighted by atomic mass is 9.99. The smallest absolute Gasteiger partial charge is 0.208 e. The molecule has 0 saturated carbocycles. The summed E-state index contributed by atoms with van der Waals surface area (Å²) in [6, 6.07) is 48.7. The van der Waals surface area contributed by atoms with E-state index in [0.29, 0.717) is 11.0 Å². The number of benzene rings is 7. The average molecular weight is 719 g/mol. The molecule has 1 aromatic heterocycles. The Morgan fingerprint density at radius 3 is 1.40 bits per heavy atom. The second-order valence-corrected chi connectivity index (χ2v) is 11.9. The molecule has 8 aromatic rings. The standard InChI is InChI=1S/C42H30N2O5.C2H6.CH3P/c45-38-37(39(46)41(48)42(49)40(38)47)44-35-12-5-4-11-33(35)34-24-30(17-22-36(34)44)27-15-20-32(21-16-27)43-31-18-13-26(14-19-31)29-10-6-9-28(23-29)25-7-2-1-3-8-25;2*1-2/h1-24,43,45-49H;1-2H3;2H,1H2. The van der Waals surface area contributed by atoms with Crippen LogP contribution in [0.1, 0.15) is 13.8 Å². The third kappa shape index (κ3) is 6.86. The first-order valence-electron chi connectivity index (χ1n) is 17.1. The number of phenols is 5. The topological polar surface area (TPSA) is 118 Å². The fourth-order valence-corrected chi connectivity index (χ4v) is 6.45. The van der Waals surface area contributed by atoms with Gasteiger partial charge in [-0.2, -0.15) is 0 Å². The Morgan fingerprint density at radius 1 is 0.415 bits per heavy atom. The normalized spacial score (nSPS) is 10.6. The van der Waals surface area contributed by atoms with Gasteiger partial charge in [0.2, 0.25) is 17.2 Å². The Hall–Kier alpha value is -6.69. The molecule has 0 bridgehead atoms. The van der Waals surface area contributed by atoms with E-state index in [1.54, 1.807) is 4.57 Å². The Morgan fingerprint density at radius 2 is 0.830 bits per heavy atom. The van der Waals surface area contributed by atoms with E-state index in [1.807, 2.05) is 86.6 Å². The molecular weight excluding hydrogens is 679 g/mol. The predicted molar refractivity (Wildman–Crippen MR) is 222 cm³/mol. The van der Waals surface area contributed by atoms with Crippen molar-refractivity contribution in [2.45, 2.75) is 13.8 Å². The minimum Gasteiger partial charge on any atom is -0.503 e. The summed E-state index contributed by atoms with van der Waals surface area (Å²) in [7, 11) is 2.72.